The summed E-state index contributed by atoms with van der Waals surface area (Å²) in [5, 5.41) is 2.80. The summed E-state index contributed by atoms with van der Waals surface area (Å²) in [6, 6.07) is 3.93. The number of halogens is 3. The first-order valence-electron chi connectivity index (χ1n) is 9.89. The van der Waals surface area contributed by atoms with Crippen LogP contribution in [0.4, 0.5) is 13.2 Å². The molecular weight excluding hydrogens is 481 g/mol. The molecule has 0 saturated carbocycles. The van der Waals surface area contributed by atoms with Crippen LogP contribution in [-0.2, 0) is 26.4 Å². The lowest BCUT2D eigenvalue weighted by Gasteiger charge is -2.33. The number of nitrogens with zero attached hydrogens (tertiary/aromatic N) is 2. The molecule has 33 heavy (non-hydrogen) atoms. The molecule has 0 aliphatic carbocycles. The first-order chi connectivity index (χ1) is 15.0. The average Bonchev–Trinajstić information content (AvgIpc) is 2.66. The van der Waals surface area contributed by atoms with Crippen LogP contribution in [0.15, 0.2) is 48.8 Å². The standard InChI is InChI=1S/C20H31F3N4O4S2/c1-15(2)13-19(17-9-7-10-18(14-17)20(21,22)23)26(5)16(3)25-33(30,31)27(32(6,28)29)12-8-11-24-4/h7,9-10,14,19,24-25H,1,3,8,11-13H2,2,4-6H3. The van der Waals surface area contributed by atoms with Gasteiger partial charge in [-0.3, -0.25) is 4.72 Å². The summed E-state index contributed by atoms with van der Waals surface area (Å²) in [6.07, 6.45) is -3.35. The summed E-state index contributed by atoms with van der Waals surface area (Å²) in [6.45, 7) is 9.25. The van der Waals surface area contributed by atoms with Gasteiger partial charge in [-0.15, -0.1) is 6.58 Å². The van der Waals surface area contributed by atoms with Crippen molar-refractivity contribution < 1.29 is 30.0 Å². The monoisotopic (exact) mass is 512 g/mol. The van der Waals surface area contributed by atoms with Crippen LogP contribution in [0.3, 0.4) is 0 Å². The van der Waals surface area contributed by atoms with Crippen molar-refractivity contribution >= 4 is 20.2 Å². The summed E-state index contributed by atoms with van der Waals surface area (Å²) in [4.78, 5) is 1.34. The molecule has 1 unspecified atom stereocenters. The van der Waals surface area contributed by atoms with Crippen molar-refractivity contribution in [2.75, 3.05) is 33.4 Å². The number of benzene rings is 1. The third-order valence-electron chi connectivity index (χ3n) is 4.69. The molecule has 1 aromatic rings. The highest BCUT2D eigenvalue weighted by atomic mass is 32.3. The van der Waals surface area contributed by atoms with E-state index in [4.69, 9.17) is 0 Å². The van der Waals surface area contributed by atoms with Gasteiger partial charge in [0.25, 0.3) is 0 Å². The van der Waals surface area contributed by atoms with E-state index in [9.17, 15) is 30.0 Å². The molecule has 0 radical (unpaired) electrons. The van der Waals surface area contributed by atoms with Crippen LogP contribution in [0, 0.1) is 0 Å². The maximum atomic E-state index is 13.2. The molecule has 0 heterocycles. The third kappa shape index (κ3) is 8.65. The fourth-order valence-corrected chi connectivity index (χ4v) is 5.95. The number of hydrogen-bond acceptors (Lipinski definition) is 6. The smallest absolute Gasteiger partial charge is 0.354 e. The Balaban J connectivity index is 3.25. The summed E-state index contributed by atoms with van der Waals surface area (Å²) in [7, 11) is -5.60. The first kappa shape index (κ1) is 28.9. The topological polar surface area (TPSA) is 98.8 Å². The third-order valence-corrected chi connectivity index (χ3v) is 8.22. The minimum atomic E-state index is -4.56. The lowest BCUT2D eigenvalue weighted by Crippen LogP contribution is -2.46. The van der Waals surface area contributed by atoms with Gasteiger partial charge in [0.2, 0.25) is 10.0 Å². The van der Waals surface area contributed by atoms with Gasteiger partial charge in [-0.1, -0.05) is 28.0 Å². The molecule has 0 aromatic heterocycles. The van der Waals surface area contributed by atoms with Gasteiger partial charge in [0.1, 0.15) is 5.82 Å². The van der Waals surface area contributed by atoms with E-state index in [0.29, 0.717) is 15.8 Å². The molecule has 0 fully saturated rings. The molecule has 8 nitrogen and oxygen atoms in total. The zero-order chi connectivity index (χ0) is 25.6. The molecule has 188 valence electrons. The maximum absolute atomic E-state index is 13.2. The van der Waals surface area contributed by atoms with Gasteiger partial charge in [0.05, 0.1) is 17.9 Å². The predicted molar refractivity (Wildman–Crippen MR) is 123 cm³/mol. The normalized spacial score (nSPS) is 13.6. The summed E-state index contributed by atoms with van der Waals surface area (Å²) < 4.78 is 91.8. The fourth-order valence-electron chi connectivity index (χ4n) is 3.04. The quantitative estimate of drug-likeness (QED) is 0.312. The van der Waals surface area contributed by atoms with E-state index in [1.807, 2.05) is 0 Å². The molecule has 0 amide bonds. The van der Waals surface area contributed by atoms with Gasteiger partial charge >= 0.3 is 16.4 Å². The maximum Gasteiger partial charge on any atom is 0.416 e. The Kier molecular flexibility index (Phi) is 9.96. The zero-order valence-corrected chi connectivity index (χ0v) is 20.7. The highest BCUT2D eigenvalue weighted by Gasteiger charge is 2.33. The molecule has 1 rings (SSSR count). The van der Waals surface area contributed by atoms with Gasteiger partial charge in [-0.25, -0.2) is 8.42 Å². The molecule has 1 aromatic carbocycles. The van der Waals surface area contributed by atoms with Crippen molar-refractivity contribution in [2.45, 2.75) is 32.0 Å². The van der Waals surface area contributed by atoms with Crippen LogP contribution in [0.1, 0.15) is 36.9 Å². The van der Waals surface area contributed by atoms with Crippen molar-refractivity contribution in [3.05, 3.63) is 59.9 Å². The molecule has 0 aliphatic heterocycles. The minimum Gasteiger partial charge on any atom is -0.354 e. The Morgan fingerprint density at radius 2 is 1.79 bits per heavy atom. The summed E-state index contributed by atoms with van der Waals surface area (Å²) >= 11 is 0. The van der Waals surface area contributed by atoms with Crippen molar-refractivity contribution in [1.82, 2.24) is 18.6 Å². The van der Waals surface area contributed by atoms with E-state index in [1.54, 1.807) is 14.0 Å². The number of alkyl halides is 3. The van der Waals surface area contributed by atoms with Crippen molar-refractivity contribution in [1.29, 1.82) is 0 Å². The average molecular weight is 513 g/mol. The van der Waals surface area contributed by atoms with Crippen LogP contribution in [0.25, 0.3) is 0 Å². The zero-order valence-electron chi connectivity index (χ0n) is 19.1. The van der Waals surface area contributed by atoms with Gasteiger partial charge in [0.15, 0.2) is 0 Å². The van der Waals surface area contributed by atoms with E-state index in [2.05, 4.69) is 23.2 Å². The number of rotatable bonds is 13. The summed E-state index contributed by atoms with van der Waals surface area (Å²) in [5.74, 6) is -0.207. The lowest BCUT2D eigenvalue weighted by atomic mass is 9.97. The Morgan fingerprint density at radius 1 is 1.18 bits per heavy atom. The number of hydrogen-bond donors (Lipinski definition) is 2. The molecule has 1 atom stereocenters. The van der Waals surface area contributed by atoms with Crippen LogP contribution in [-0.4, -0.2) is 58.9 Å². The predicted octanol–water partition coefficient (Wildman–Crippen LogP) is 2.82. The number of nitrogens with one attached hydrogen (secondary N) is 2. The van der Waals surface area contributed by atoms with Crippen LogP contribution in [0.5, 0.6) is 0 Å². The van der Waals surface area contributed by atoms with Crippen molar-refractivity contribution in [3.8, 4) is 0 Å². The highest BCUT2D eigenvalue weighted by molar-refractivity contribution is 8.02. The Hall–Kier alpha value is -2.09. The second-order valence-electron chi connectivity index (χ2n) is 7.68. The van der Waals surface area contributed by atoms with E-state index < -0.39 is 38.0 Å². The summed E-state index contributed by atoms with van der Waals surface area (Å²) in [5.41, 5.74) is 0.0634. The highest BCUT2D eigenvalue weighted by Crippen LogP contribution is 2.34. The molecule has 2 N–H and O–H groups in total. The van der Waals surface area contributed by atoms with E-state index in [1.165, 1.54) is 24.1 Å². The second kappa shape index (κ2) is 11.4. The van der Waals surface area contributed by atoms with Gasteiger partial charge in [-0.05, 0) is 51.1 Å². The van der Waals surface area contributed by atoms with Gasteiger partial charge in [-0.2, -0.15) is 21.6 Å². The minimum absolute atomic E-state index is 0.205. The van der Waals surface area contributed by atoms with E-state index in [-0.39, 0.29) is 30.8 Å². The van der Waals surface area contributed by atoms with Crippen LogP contribution in [0.2, 0.25) is 0 Å². The lowest BCUT2D eigenvalue weighted by molar-refractivity contribution is -0.137. The van der Waals surface area contributed by atoms with Crippen LogP contribution < -0.4 is 10.0 Å². The Labute approximate surface area is 194 Å². The SMILES string of the molecule is C=C(C)CC(c1cccc(C(F)(F)F)c1)N(C)C(=C)NS(=O)(=O)N(CCCNC)S(C)(=O)=O. The molecular formula is C20H31F3N4O4S2. The first-order valence-corrected chi connectivity index (χ1v) is 13.2. The largest absolute Gasteiger partial charge is 0.416 e. The Morgan fingerprint density at radius 3 is 2.27 bits per heavy atom. The molecule has 0 saturated heterocycles. The molecule has 13 heteroatoms. The van der Waals surface area contributed by atoms with E-state index >= 15 is 0 Å². The Bertz CT molecular complexity index is 1060. The van der Waals surface area contributed by atoms with Gasteiger partial charge in [0, 0.05) is 13.6 Å². The fraction of sp³-hybridized carbons (Fsp3) is 0.500. The van der Waals surface area contributed by atoms with Crippen LogP contribution >= 0.6 is 0 Å². The second-order valence-corrected chi connectivity index (χ2v) is 11.4. The van der Waals surface area contributed by atoms with Gasteiger partial charge < -0.3 is 10.2 Å². The molecule has 0 aliphatic rings. The van der Waals surface area contributed by atoms with Crippen molar-refractivity contribution in [3.63, 3.8) is 0 Å². The number of sulfonamides is 1. The van der Waals surface area contributed by atoms with Crippen molar-refractivity contribution in [2.24, 2.45) is 0 Å². The molecule has 0 spiro atoms. The molecule has 0 bridgehead atoms. The van der Waals surface area contributed by atoms with E-state index in [0.717, 1.165) is 18.4 Å².